The molecular weight excluding hydrogens is 554 g/mol. The molecule has 232 valence electrons. The number of aromatic nitrogens is 6. The van der Waals surface area contributed by atoms with E-state index in [0.29, 0.717) is 34.2 Å². The van der Waals surface area contributed by atoms with Crippen molar-refractivity contribution in [2.24, 2.45) is 5.92 Å². The highest BCUT2D eigenvalue weighted by atomic mass is 16.1. The second kappa shape index (κ2) is 12.4. The van der Waals surface area contributed by atoms with E-state index in [4.69, 9.17) is 4.98 Å². The molecule has 0 aliphatic carbocycles. The number of carbonyl (C=O) groups excluding carboxylic acids is 1. The molecule has 0 spiro atoms. The lowest BCUT2D eigenvalue weighted by atomic mass is 9.92. The van der Waals surface area contributed by atoms with E-state index < -0.39 is 0 Å². The molecule has 6 rings (SSSR count). The number of aromatic amines is 1. The van der Waals surface area contributed by atoms with E-state index in [1.54, 1.807) is 6.20 Å². The van der Waals surface area contributed by atoms with Gasteiger partial charge in [0.2, 0.25) is 5.95 Å². The Morgan fingerprint density at radius 1 is 1.02 bits per heavy atom. The van der Waals surface area contributed by atoms with E-state index in [1.807, 2.05) is 31.2 Å². The Balaban J connectivity index is 1.14. The summed E-state index contributed by atoms with van der Waals surface area (Å²) < 4.78 is 0. The minimum absolute atomic E-state index is 0.120. The van der Waals surface area contributed by atoms with Gasteiger partial charge in [0.25, 0.3) is 5.91 Å². The van der Waals surface area contributed by atoms with E-state index in [2.05, 4.69) is 78.3 Å². The van der Waals surface area contributed by atoms with Crippen LogP contribution in [0.15, 0.2) is 36.8 Å². The summed E-state index contributed by atoms with van der Waals surface area (Å²) in [5.74, 6) is 2.38. The first-order valence-electron chi connectivity index (χ1n) is 15.5. The molecule has 0 radical (unpaired) electrons. The van der Waals surface area contributed by atoms with Crippen molar-refractivity contribution in [2.75, 3.05) is 68.4 Å². The van der Waals surface area contributed by atoms with Gasteiger partial charge in [0.05, 0.1) is 11.9 Å². The number of amides is 1. The monoisotopic (exact) mass is 597 g/mol. The smallest absolute Gasteiger partial charge is 0.256 e. The average molecular weight is 598 g/mol. The number of hydrogen-bond donors (Lipinski definition) is 3. The number of H-pyrrole nitrogens is 1. The van der Waals surface area contributed by atoms with Gasteiger partial charge in [-0.05, 0) is 63.5 Å². The normalized spacial score (nSPS) is 17.2. The number of likely N-dealkylation sites (tertiary alicyclic amines) is 1. The summed E-state index contributed by atoms with van der Waals surface area (Å²) in [6, 6.07) is 7.41. The summed E-state index contributed by atoms with van der Waals surface area (Å²) in [6.07, 6.45) is 5.85. The number of piperidine rings is 1. The van der Waals surface area contributed by atoms with E-state index in [0.717, 1.165) is 49.0 Å². The average Bonchev–Trinajstić information content (AvgIpc) is 3.49. The quantitative estimate of drug-likeness (QED) is 0.285. The van der Waals surface area contributed by atoms with Crippen molar-refractivity contribution in [2.45, 2.75) is 46.0 Å². The molecule has 2 fully saturated rings. The fraction of sp³-hybridized carbons (Fsp3) is 0.500. The van der Waals surface area contributed by atoms with Crippen LogP contribution in [0.2, 0.25) is 0 Å². The van der Waals surface area contributed by atoms with Gasteiger partial charge >= 0.3 is 0 Å². The summed E-state index contributed by atoms with van der Waals surface area (Å²) in [6.45, 7) is 15.6. The molecule has 1 aromatic carbocycles. The van der Waals surface area contributed by atoms with Crippen molar-refractivity contribution < 1.29 is 4.79 Å². The van der Waals surface area contributed by atoms with Gasteiger partial charge in [0, 0.05) is 55.5 Å². The molecule has 0 saturated carbocycles. The van der Waals surface area contributed by atoms with Crippen LogP contribution in [-0.4, -0.2) is 98.7 Å². The topological polar surface area (TPSA) is 131 Å². The Morgan fingerprint density at radius 2 is 1.80 bits per heavy atom. The molecular formula is C32H43N11O. The third-order valence-electron chi connectivity index (χ3n) is 8.72. The maximum atomic E-state index is 13.1. The van der Waals surface area contributed by atoms with Crippen molar-refractivity contribution in [3.63, 3.8) is 0 Å². The van der Waals surface area contributed by atoms with Crippen LogP contribution in [-0.2, 0) is 5.41 Å². The molecule has 44 heavy (non-hydrogen) atoms. The van der Waals surface area contributed by atoms with Crippen LogP contribution in [0.4, 0.5) is 23.3 Å². The maximum Gasteiger partial charge on any atom is 0.256 e. The zero-order valence-electron chi connectivity index (χ0n) is 26.4. The van der Waals surface area contributed by atoms with Gasteiger partial charge in [-0.25, -0.2) is 19.9 Å². The highest BCUT2D eigenvalue weighted by Gasteiger charge is 2.24. The number of piperazine rings is 1. The van der Waals surface area contributed by atoms with Crippen LogP contribution in [0, 0.1) is 12.8 Å². The van der Waals surface area contributed by atoms with Crippen LogP contribution in [0.5, 0.6) is 0 Å². The number of nitrogens with one attached hydrogen (secondary N) is 3. The second-order valence-corrected chi connectivity index (χ2v) is 13.2. The van der Waals surface area contributed by atoms with Gasteiger partial charge in [0.1, 0.15) is 23.2 Å². The molecule has 3 N–H and O–H groups in total. The van der Waals surface area contributed by atoms with Crippen molar-refractivity contribution in [3.05, 3.63) is 53.6 Å². The zero-order valence-corrected chi connectivity index (χ0v) is 26.4. The number of anilines is 4. The minimum Gasteiger partial charge on any atom is -0.338 e. The Labute approximate surface area is 258 Å². The lowest BCUT2D eigenvalue weighted by Crippen LogP contribution is -2.49. The predicted octanol–water partition coefficient (Wildman–Crippen LogP) is 4.21. The largest absolute Gasteiger partial charge is 0.338 e. The Hall–Kier alpha value is -4.16. The van der Waals surface area contributed by atoms with Crippen LogP contribution in [0.3, 0.4) is 0 Å². The van der Waals surface area contributed by atoms with E-state index in [-0.39, 0.29) is 11.3 Å². The lowest BCUT2D eigenvalue weighted by molar-refractivity contribution is 0.102. The highest BCUT2D eigenvalue weighted by molar-refractivity contribution is 6.04. The number of aryl methyl sites for hydroxylation is 1. The predicted molar refractivity (Wildman–Crippen MR) is 174 cm³/mol. The highest BCUT2D eigenvalue weighted by Crippen LogP contribution is 2.27. The van der Waals surface area contributed by atoms with Crippen molar-refractivity contribution in [3.8, 4) is 0 Å². The Kier molecular flexibility index (Phi) is 8.46. The van der Waals surface area contributed by atoms with Gasteiger partial charge in [-0.15, -0.1) is 0 Å². The van der Waals surface area contributed by atoms with E-state index >= 15 is 0 Å². The van der Waals surface area contributed by atoms with Gasteiger partial charge in [-0.1, -0.05) is 26.8 Å². The second-order valence-electron chi connectivity index (χ2n) is 13.2. The number of hydrogen-bond acceptors (Lipinski definition) is 10. The van der Waals surface area contributed by atoms with Crippen LogP contribution < -0.4 is 15.5 Å². The number of carbonyl (C=O) groups is 1. The molecule has 2 aliphatic heterocycles. The third kappa shape index (κ3) is 6.81. The molecule has 2 aliphatic rings. The molecule has 1 amide bonds. The number of rotatable bonds is 7. The third-order valence-corrected chi connectivity index (χ3v) is 8.72. The SMILES string of the molecule is Cc1ccc(C(=O)Nc2cc(C(C)(C)C)n[nH]2)cc1Nc1ncnc2cnc(N3CCN(CC4CCN(C)CC4)CC3)nc12. The Bertz CT molecular complexity index is 1610. The number of nitrogens with zero attached hydrogens (tertiary/aromatic N) is 8. The van der Waals surface area contributed by atoms with Gasteiger partial charge in [-0.3, -0.25) is 14.8 Å². The molecule has 3 aromatic heterocycles. The molecule has 12 heteroatoms. The van der Waals surface area contributed by atoms with Gasteiger partial charge < -0.3 is 20.4 Å². The standard InChI is InChI=1S/C32H43N11O/c1-21-6-7-23(30(44)37-27-17-26(39-40-27)32(2,3)4)16-24(21)36-29-28-25(34-20-35-29)18-33-31(38-28)43-14-12-42(13-15-43)19-22-8-10-41(5)11-9-22/h6-7,16-18,20,22H,8-15,19H2,1-5H3,(H,34,35,36)(H2,37,39,40,44). The first-order chi connectivity index (χ1) is 21.1. The first-order valence-corrected chi connectivity index (χ1v) is 15.5. The van der Waals surface area contributed by atoms with Crippen LogP contribution >= 0.6 is 0 Å². The zero-order chi connectivity index (χ0) is 30.8. The summed E-state index contributed by atoms with van der Waals surface area (Å²) >= 11 is 0. The fourth-order valence-electron chi connectivity index (χ4n) is 5.82. The molecule has 0 unspecified atom stereocenters. The Morgan fingerprint density at radius 3 is 2.52 bits per heavy atom. The number of fused-ring (bicyclic) bond motifs is 1. The first kappa shape index (κ1) is 29.9. The summed E-state index contributed by atoms with van der Waals surface area (Å²) in [7, 11) is 2.22. The lowest BCUT2D eigenvalue weighted by Gasteiger charge is -2.38. The van der Waals surface area contributed by atoms with Crippen molar-refractivity contribution in [1.29, 1.82) is 0 Å². The van der Waals surface area contributed by atoms with Crippen molar-refractivity contribution in [1.82, 2.24) is 39.9 Å². The molecule has 2 saturated heterocycles. The van der Waals surface area contributed by atoms with Crippen LogP contribution in [0.1, 0.15) is 55.2 Å². The molecule has 5 heterocycles. The minimum atomic E-state index is -0.232. The van der Waals surface area contributed by atoms with Crippen molar-refractivity contribution >= 4 is 40.2 Å². The summed E-state index contributed by atoms with van der Waals surface area (Å²) in [5.41, 5.74) is 4.31. The molecule has 0 bridgehead atoms. The van der Waals surface area contributed by atoms with Gasteiger partial charge in [-0.2, -0.15) is 5.10 Å². The maximum absolute atomic E-state index is 13.1. The molecule has 0 atom stereocenters. The summed E-state index contributed by atoms with van der Waals surface area (Å²) in [5, 5.41) is 13.6. The number of benzene rings is 1. The van der Waals surface area contributed by atoms with E-state index in [9.17, 15) is 4.79 Å². The molecule has 12 nitrogen and oxygen atoms in total. The van der Waals surface area contributed by atoms with E-state index in [1.165, 1.54) is 38.8 Å². The van der Waals surface area contributed by atoms with Gasteiger partial charge in [0.15, 0.2) is 5.82 Å². The van der Waals surface area contributed by atoms with Crippen LogP contribution in [0.25, 0.3) is 11.0 Å². The molecule has 4 aromatic rings. The fourth-order valence-corrected chi connectivity index (χ4v) is 5.82. The summed E-state index contributed by atoms with van der Waals surface area (Å²) in [4.78, 5) is 38.9.